The number of nitrogens with zero attached hydrogens (tertiary/aromatic N) is 3. The lowest BCUT2D eigenvalue weighted by molar-refractivity contribution is -0.119. The number of aromatic hydroxyl groups is 1. The second-order valence-electron chi connectivity index (χ2n) is 10.0. The molecule has 1 aromatic heterocycles. The van der Waals surface area contributed by atoms with Crippen molar-refractivity contribution in [2.45, 2.75) is 12.5 Å². The first-order chi connectivity index (χ1) is 19.3. The Kier molecular flexibility index (Phi) is 7.95. The number of carbonyl (C=O) groups excluding carboxylic acids is 2. The maximum Gasteiger partial charge on any atom is 0.337 e. The molecule has 1 aliphatic heterocycles. The largest absolute Gasteiger partial charge is 0.494 e. The molecule has 0 saturated carbocycles. The molecule has 1 unspecified atom stereocenters. The SMILES string of the molecule is COC(=O)c1ccc2c(C(=Nc3ccc(N(C)C(=O)CC4CN(C)CCN4)cc3)c3ccccc3)c(O)[nH]c2c1. The number of hydrogen-bond acceptors (Lipinski definition) is 7. The van der Waals surface area contributed by atoms with E-state index in [0.717, 1.165) is 36.3 Å². The number of benzene rings is 3. The van der Waals surface area contributed by atoms with Crippen LogP contribution in [0.2, 0.25) is 0 Å². The first-order valence-corrected chi connectivity index (χ1v) is 13.2. The van der Waals surface area contributed by atoms with Crippen molar-refractivity contribution in [3.63, 3.8) is 0 Å². The van der Waals surface area contributed by atoms with Gasteiger partial charge in [0.2, 0.25) is 5.91 Å². The van der Waals surface area contributed by atoms with E-state index in [1.807, 2.05) is 54.6 Å². The molecule has 206 valence electrons. The summed E-state index contributed by atoms with van der Waals surface area (Å²) in [6, 6.07) is 22.3. The van der Waals surface area contributed by atoms with Crippen molar-refractivity contribution < 1.29 is 19.4 Å². The molecular weight excluding hydrogens is 506 g/mol. The van der Waals surface area contributed by atoms with E-state index in [0.29, 0.717) is 34.5 Å². The van der Waals surface area contributed by atoms with Crippen molar-refractivity contribution in [1.82, 2.24) is 15.2 Å². The zero-order valence-electron chi connectivity index (χ0n) is 22.8. The number of aliphatic imine (C=N–C) groups is 1. The highest BCUT2D eigenvalue weighted by atomic mass is 16.5. The van der Waals surface area contributed by atoms with E-state index < -0.39 is 5.97 Å². The van der Waals surface area contributed by atoms with Crippen LogP contribution in [-0.2, 0) is 9.53 Å². The molecule has 1 saturated heterocycles. The van der Waals surface area contributed by atoms with Gasteiger partial charge in [-0.05, 0) is 43.4 Å². The standard InChI is InChI=1S/C31H33N5O4/c1-35-16-15-32-23(19-35)18-27(37)36(2)24-12-10-22(11-13-24)33-29(20-7-5-4-6-8-20)28-25-14-9-21(31(39)40-3)17-26(25)34-30(28)38/h4-14,17,23,32,34,38H,15-16,18-19H2,1-3H3. The zero-order chi connectivity index (χ0) is 28.2. The van der Waals surface area contributed by atoms with Crippen LogP contribution in [0.4, 0.5) is 11.4 Å². The number of amides is 1. The number of anilines is 1. The van der Waals surface area contributed by atoms with E-state index in [-0.39, 0.29) is 17.8 Å². The van der Waals surface area contributed by atoms with Gasteiger partial charge in [-0.2, -0.15) is 0 Å². The third kappa shape index (κ3) is 5.75. The molecule has 9 nitrogen and oxygen atoms in total. The van der Waals surface area contributed by atoms with Gasteiger partial charge in [-0.15, -0.1) is 0 Å². The predicted octanol–water partition coefficient (Wildman–Crippen LogP) is 4.09. The maximum atomic E-state index is 12.9. The van der Waals surface area contributed by atoms with Crippen molar-refractivity contribution >= 4 is 39.9 Å². The first kappa shape index (κ1) is 27.1. The van der Waals surface area contributed by atoms with Gasteiger partial charge in [0.25, 0.3) is 0 Å². The fourth-order valence-electron chi connectivity index (χ4n) is 5.03. The maximum absolute atomic E-state index is 12.9. The zero-order valence-corrected chi connectivity index (χ0v) is 22.8. The van der Waals surface area contributed by atoms with E-state index in [2.05, 4.69) is 22.2 Å². The Hall–Kier alpha value is -4.47. The molecule has 40 heavy (non-hydrogen) atoms. The molecular formula is C31H33N5O4. The van der Waals surface area contributed by atoms with Crippen molar-refractivity contribution in [1.29, 1.82) is 0 Å². The Morgan fingerprint density at radius 3 is 2.52 bits per heavy atom. The third-order valence-corrected chi connectivity index (χ3v) is 7.22. The molecule has 1 amide bonds. The molecule has 3 aromatic carbocycles. The van der Waals surface area contributed by atoms with Crippen molar-refractivity contribution in [2.75, 3.05) is 45.7 Å². The highest BCUT2D eigenvalue weighted by Crippen LogP contribution is 2.32. The monoisotopic (exact) mass is 539 g/mol. The molecule has 0 bridgehead atoms. The van der Waals surface area contributed by atoms with Crippen molar-refractivity contribution in [3.8, 4) is 5.88 Å². The number of piperazine rings is 1. The fraction of sp³-hybridized carbons (Fsp3) is 0.258. The fourth-order valence-corrected chi connectivity index (χ4v) is 5.03. The number of H-pyrrole nitrogens is 1. The summed E-state index contributed by atoms with van der Waals surface area (Å²) < 4.78 is 4.83. The van der Waals surface area contributed by atoms with Gasteiger partial charge in [0.05, 0.1) is 29.6 Å². The van der Waals surface area contributed by atoms with Crippen LogP contribution in [0.3, 0.4) is 0 Å². The summed E-state index contributed by atoms with van der Waals surface area (Å²) in [5.41, 5.74) is 4.32. The predicted molar refractivity (Wildman–Crippen MR) is 157 cm³/mol. The van der Waals surface area contributed by atoms with Gasteiger partial charge in [-0.25, -0.2) is 9.79 Å². The second-order valence-corrected chi connectivity index (χ2v) is 10.0. The lowest BCUT2D eigenvalue weighted by Crippen LogP contribution is -2.50. The van der Waals surface area contributed by atoms with Gasteiger partial charge in [0.1, 0.15) is 0 Å². The summed E-state index contributed by atoms with van der Waals surface area (Å²) in [5.74, 6) is -0.465. The van der Waals surface area contributed by atoms with Crippen LogP contribution in [0.15, 0.2) is 77.8 Å². The van der Waals surface area contributed by atoms with Crippen LogP contribution in [0.5, 0.6) is 5.88 Å². The molecule has 1 fully saturated rings. The number of aromatic nitrogens is 1. The van der Waals surface area contributed by atoms with Crippen LogP contribution in [0, 0.1) is 0 Å². The van der Waals surface area contributed by atoms with Gasteiger partial charge in [-0.3, -0.25) is 4.79 Å². The Morgan fingerprint density at radius 2 is 1.82 bits per heavy atom. The Morgan fingerprint density at radius 1 is 1.07 bits per heavy atom. The van der Waals surface area contributed by atoms with Gasteiger partial charge in [-0.1, -0.05) is 36.4 Å². The number of aromatic amines is 1. The molecule has 0 spiro atoms. The van der Waals surface area contributed by atoms with Gasteiger partial charge >= 0.3 is 5.97 Å². The molecule has 1 atom stereocenters. The quantitative estimate of drug-likeness (QED) is 0.241. The topological polar surface area (TPSA) is 110 Å². The number of methoxy groups -OCH3 is 1. The molecule has 2 heterocycles. The highest BCUT2D eigenvalue weighted by molar-refractivity contribution is 6.22. The molecule has 1 aliphatic rings. The molecule has 9 heteroatoms. The summed E-state index contributed by atoms with van der Waals surface area (Å²) in [7, 11) is 5.19. The average molecular weight is 540 g/mol. The summed E-state index contributed by atoms with van der Waals surface area (Å²) in [4.78, 5) is 36.8. The molecule has 0 aliphatic carbocycles. The van der Waals surface area contributed by atoms with Crippen LogP contribution in [-0.4, -0.2) is 79.5 Å². The second kappa shape index (κ2) is 11.7. The number of esters is 1. The molecule has 4 aromatic rings. The summed E-state index contributed by atoms with van der Waals surface area (Å²) >= 11 is 0. The summed E-state index contributed by atoms with van der Waals surface area (Å²) in [6.45, 7) is 2.71. The highest BCUT2D eigenvalue weighted by Gasteiger charge is 2.22. The van der Waals surface area contributed by atoms with E-state index in [1.54, 1.807) is 30.1 Å². The lowest BCUT2D eigenvalue weighted by atomic mass is 10.00. The van der Waals surface area contributed by atoms with Gasteiger partial charge in [0.15, 0.2) is 5.88 Å². The van der Waals surface area contributed by atoms with E-state index in [4.69, 9.17) is 9.73 Å². The molecule has 5 rings (SSSR count). The van der Waals surface area contributed by atoms with E-state index in [9.17, 15) is 14.7 Å². The minimum Gasteiger partial charge on any atom is -0.494 e. The van der Waals surface area contributed by atoms with Crippen LogP contribution in [0.1, 0.15) is 27.9 Å². The molecule has 3 N–H and O–H groups in total. The van der Waals surface area contributed by atoms with E-state index in [1.165, 1.54) is 7.11 Å². The Bertz CT molecular complexity index is 1550. The summed E-state index contributed by atoms with van der Waals surface area (Å²) in [5, 5.41) is 15.1. The lowest BCUT2D eigenvalue weighted by Gasteiger charge is -2.31. The molecule has 0 radical (unpaired) electrons. The number of ether oxygens (including phenoxy) is 1. The number of nitrogens with one attached hydrogen (secondary N) is 2. The van der Waals surface area contributed by atoms with Crippen LogP contribution >= 0.6 is 0 Å². The minimum atomic E-state index is -0.458. The summed E-state index contributed by atoms with van der Waals surface area (Å²) in [6.07, 6.45) is 0.427. The Labute approximate surface area is 233 Å². The number of fused-ring (bicyclic) bond motifs is 1. The minimum absolute atomic E-state index is 0.0454. The van der Waals surface area contributed by atoms with Crippen molar-refractivity contribution in [2.24, 2.45) is 4.99 Å². The number of rotatable bonds is 7. The van der Waals surface area contributed by atoms with Gasteiger partial charge in [0, 0.05) is 61.3 Å². The first-order valence-electron chi connectivity index (χ1n) is 13.2. The smallest absolute Gasteiger partial charge is 0.337 e. The van der Waals surface area contributed by atoms with Gasteiger partial charge < -0.3 is 29.9 Å². The number of likely N-dealkylation sites (N-methyl/N-ethyl adjacent to an activating group) is 1. The van der Waals surface area contributed by atoms with E-state index >= 15 is 0 Å². The number of carbonyl (C=O) groups is 2. The van der Waals surface area contributed by atoms with Crippen LogP contribution < -0.4 is 10.2 Å². The Balaban J connectivity index is 1.45. The number of hydrogen-bond donors (Lipinski definition) is 3. The van der Waals surface area contributed by atoms with Crippen LogP contribution in [0.25, 0.3) is 10.9 Å². The third-order valence-electron chi connectivity index (χ3n) is 7.22. The average Bonchev–Trinajstić information content (AvgIpc) is 3.30. The van der Waals surface area contributed by atoms with Crippen molar-refractivity contribution in [3.05, 3.63) is 89.5 Å². The normalized spacial score (nSPS) is 16.2.